The molecule has 0 bridgehead atoms. The predicted octanol–water partition coefficient (Wildman–Crippen LogP) is 0.900. The third kappa shape index (κ3) is 7.42. The maximum Gasteiger partial charge on any atom is 0.239 e. The average molecular weight is 370 g/mol. The average Bonchev–Trinajstić information content (AvgIpc) is 2.60. The number of nitrogens with one attached hydrogen (secondary N) is 3. The summed E-state index contributed by atoms with van der Waals surface area (Å²) >= 11 is 0. The van der Waals surface area contributed by atoms with E-state index in [0.29, 0.717) is 13.2 Å². The van der Waals surface area contributed by atoms with Gasteiger partial charge >= 0.3 is 0 Å². The Labute approximate surface area is 155 Å². The van der Waals surface area contributed by atoms with Crippen LogP contribution in [-0.2, 0) is 20.7 Å². The van der Waals surface area contributed by atoms with Crippen molar-refractivity contribution in [3.63, 3.8) is 0 Å². The molecule has 1 aromatic rings. The standard InChI is InChI=1S/C18H27N3O3.ClH/c1-24-14-18(7-9-19-10-8-18)13-21-17(23)12-20-16(22)11-15-5-3-2-4-6-15;/h2-6,19H,7-14H2,1H3,(H,20,22)(H,21,23);1H. The molecule has 6 nitrogen and oxygen atoms in total. The van der Waals surface area contributed by atoms with Gasteiger partial charge in [-0.3, -0.25) is 9.59 Å². The summed E-state index contributed by atoms with van der Waals surface area (Å²) in [6.45, 7) is 3.10. The Kier molecular flexibility index (Phi) is 9.49. The summed E-state index contributed by atoms with van der Waals surface area (Å²) in [6, 6.07) is 9.48. The largest absolute Gasteiger partial charge is 0.384 e. The van der Waals surface area contributed by atoms with E-state index in [0.717, 1.165) is 31.5 Å². The molecule has 1 aliphatic heterocycles. The summed E-state index contributed by atoms with van der Waals surface area (Å²) in [5.74, 6) is -0.310. The monoisotopic (exact) mass is 369 g/mol. The highest BCUT2D eigenvalue weighted by Crippen LogP contribution is 2.28. The number of carbonyl (C=O) groups excluding carboxylic acids is 2. The highest BCUT2D eigenvalue weighted by atomic mass is 35.5. The second-order valence-corrected chi connectivity index (χ2v) is 6.40. The Balaban J connectivity index is 0.00000312. The van der Waals surface area contributed by atoms with Crippen molar-refractivity contribution in [2.75, 3.05) is 39.9 Å². The third-order valence-electron chi connectivity index (χ3n) is 4.43. The van der Waals surface area contributed by atoms with Crippen molar-refractivity contribution < 1.29 is 14.3 Å². The lowest BCUT2D eigenvalue weighted by molar-refractivity contribution is -0.126. The van der Waals surface area contributed by atoms with Gasteiger partial charge in [0.05, 0.1) is 19.6 Å². The molecule has 140 valence electrons. The van der Waals surface area contributed by atoms with Crippen LogP contribution in [0.3, 0.4) is 0 Å². The molecule has 0 radical (unpaired) electrons. The first-order chi connectivity index (χ1) is 11.6. The number of ether oxygens (including phenoxy) is 1. The first-order valence-electron chi connectivity index (χ1n) is 8.40. The van der Waals surface area contributed by atoms with Gasteiger partial charge in [0.25, 0.3) is 0 Å². The fourth-order valence-corrected chi connectivity index (χ4v) is 3.01. The molecule has 0 unspecified atom stereocenters. The summed E-state index contributed by atoms with van der Waals surface area (Å²) in [7, 11) is 1.69. The topological polar surface area (TPSA) is 79.5 Å². The van der Waals surface area contributed by atoms with E-state index < -0.39 is 0 Å². The minimum absolute atomic E-state index is 0. The molecule has 2 rings (SSSR count). The number of methoxy groups -OCH3 is 1. The zero-order valence-electron chi connectivity index (χ0n) is 14.7. The summed E-state index contributed by atoms with van der Waals surface area (Å²) in [6.07, 6.45) is 2.23. The van der Waals surface area contributed by atoms with Crippen molar-refractivity contribution in [2.45, 2.75) is 19.3 Å². The van der Waals surface area contributed by atoms with Crippen molar-refractivity contribution in [1.82, 2.24) is 16.0 Å². The molecule has 0 aliphatic carbocycles. The van der Waals surface area contributed by atoms with E-state index in [1.807, 2.05) is 30.3 Å². The minimum Gasteiger partial charge on any atom is -0.384 e. The van der Waals surface area contributed by atoms with E-state index in [2.05, 4.69) is 16.0 Å². The summed E-state index contributed by atoms with van der Waals surface area (Å²) in [5.41, 5.74) is 0.924. The molecule has 0 saturated carbocycles. The summed E-state index contributed by atoms with van der Waals surface area (Å²) in [4.78, 5) is 23.9. The van der Waals surface area contributed by atoms with Crippen LogP contribution in [0.15, 0.2) is 30.3 Å². The van der Waals surface area contributed by atoms with Gasteiger partial charge in [-0.05, 0) is 31.5 Å². The lowest BCUT2D eigenvalue weighted by atomic mass is 9.79. The van der Waals surface area contributed by atoms with Crippen molar-refractivity contribution in [2.24, 2.45) is 5.41 Å². The van der Waals surface area contributed by atoms with Gasteiger partial charge in [0.1, 0.15) is 0 Å². The molecular weight excluding hydrogens is 342 g/mol. The normalized spacial score (nSPS) is 15.7. The van der Waals surface area contributed by atoms with Crippen LogP contribution < -0.4 is 16.0 Å². The first kappa shape index (κ1) is 21.4. The van der Waals surface area contributed by atoms with Crippen molar-refractivity contribution >= 4 is 24.2 Å². The van der Waals surface area contributed by atoms with Crippen LogP contribution in [0.25, 0.3) is 0 Å². The van der Waals surface area contributed by atoms with E-state index in [-0.39, 0.29) is 42.6 Å². The second-order valence-electron chi connectivity index (χ2n) is 6.40. The van der Waals surface area contributed by atoms with Gasteiger partial charge in [-0.1, -0.05) is 30.3 Å². The molecule has 3 N–H and O–H groups in total. The molecule has 1 saturated heterocycles. The Hall–Kier alpha value is -1.63. The number of carbonyl (C=O) groups is 2. The lowest BCUT2D eigenvalue weighted by Gasteiger charge is -2.37. The van der Waals surface area contributed by atoms with Gasteiger partial charge in [-0.15, -0.1) is 12.4 Å². The van der Waals surface area contributed by atoms with Crippen LogP contribution in [0.4, 0.5) is 0 Å². The van der Waals surface area contributed by atoms with Crippen LogP contribution in [0.5, 0.6) is 0 Å². The van der Waals surface area contributed by atoms with Gasteiger partial charge in [-0.25, -0.2) is 0 Å². The van der Waals surface area contributed by atoms with Crippen LogP contribution >= 0.6 is 12.4 Å². The molecular formula is C18H28ClN3O3. The van der Waals surface area contributed by atoms with Crippen molar-refractivity contribution in [3.05, 3.63) is 35.9 Å². The fraction of sp³-hybridized carbons (Fsp3) is 0.556. The minimum atomic E-state index is -0.162. The van der Waals surface area contributed by atoms with E-state index in [1.165, 1.54) is 0 Å². The van der Waals surface area contributed by atoms with E-state index >= 15 is 0 Å². The van der Waals surface area contributed by atoms with E-state index in [9.17, 15) is 9.59 Å². The fourth-order valence-electron chi connectivity index (χ4n) is 3.01. The molecule has 0 aromatic heterocycles. The number of benzene rings is 1. The van der Waals surface area contributed by atoms with E-state index in [4.69, 9.17) is 4.74 Å². The molecule has 1 aromatic carbocycles. The smallest absolute Gasteiger partial charge is 0.239 e. The van der Waals surface area contributed by atoms with Crippen molar-refractivity contribution in [3.8, 4) is 0 Å². The molecule has 2 amide bonds. The Morgan fingerprint density at radius 3 is 2.44 bits per heavy atom. The molecule has 0 spiro atoms. The highest BCUT2D eigenvalue weighted by molar-refractivity contribution is 5.86. The molecule has 7 heteroatoms. The number of amides is 2. The molecule has 1 fully saturated rings. The Bertz CT molecular complexity index is 528. The van der Waals surface area contributed by atoms with Gasteiger partial charge in [0, 0.05) is 19.1 Å². The Morgan fingerprint density at radius 2 is 1.80 bits per heavy atom. The van der Waals surface area contributed by atoms with Crippen LogP contribution in [0, 0.1) is 5.41 Å². The highest BCUT2D eigenvalue weighted by Gasteiger charge is 2.32. The van der Waals surface area contributed by atoms with Crippen LogP contribution in [0.2, 0.25) is 0 Å². The van der Waals surface area contributed by atoms with Crippen LogP contribution in [0.1, 0.15) is 18.4 Å². The lowest BCUT2D eigenvalue weighted by Crippen LogP contribution is -2.48. The van der Waals surface area contributed by atoms with Crippen molar-refractivity contribution in [1.29, 1.82) is 0 Å². The maximum atomic E-state index is 12.0. The number of piperidine rings is 1. The summed E-state index contributed by atoms with van der Waals surface area (Å²) < 4.78 is 5.33. The van der Waals surface area contributed by atoms with E-state index in [1.54, 1.807) is 7.11 Å². The predicted molar refractivity (Wildman–Crippen MR) is 99.8 cm³/mol. The Morgan fingerprint density at radius 1 is 1.12 bits per heavy atom. The second kappa shape index (κ2) is 11.1. The SMILES string of the molecule is COCC1(CNC(=O)CNC(=O)Cc2ccccc2)CCNCC1.Cl. The van der Waals surface area contributed by atoms with Gasteiger partial charge in [0.2, 0.25) is 11.8 Å². The van der Waals surface area contributed by atoms with Gasteiger partial charge in [0.15, 0.2) is 0 Å². The number of rotatable bonds is 8. The zero-order chi connectivity index (χ0) is 17.3. The zero-order valence-corrected chi connectivity index (χ0v) is 15.5. The summed E-state index contributed by atoms with van der Waals surface area (Å²) in [5, 5.41) is 8.93. The van der Waals surface area contributed by atoms with Crippen LogP contribution in [-0.4, -0.2) is 51.7 Å². The maximum absolute atomic E-state index is 12.0. The molecule has 0 atom stereocenters. The molecule has 25 heavy (non-hydrogen) atoms. The molecule has 1 aliphatic rings. The number of halogens is 1. The van der Waals surface area contributed by atoms with Gasteiger partial charge in [-0.2, -0.15) is 0 Å². The van der Waals surface area contributed by atoms with Gasteiger partial charge < -0.3 is 20.7 Å². The third-order valence-corrected chi connectivity index (χ3v) is 4.43. The molecule has 1 heterocycles. The number of hydrogen-bond donors (Lipinski definition) is 3. The quantitative estimate of drug-likeness (QED) is 0.636. The first-order valence-corrected chi connectivity index (χ1v) is 8.40. The number of hydrogen-bond acceptors (Lipinski definition) is 4.